The van der Waals surface area contributed by atoms with E-state index in [4.69, 9.17) is 4.74 Å². The lowest BCUT2D eigenvalue weighted by Crippen LogP contribution is -2.63. The Labute approximate surface area is 175 Å². The van der Waals surface area contributed by atoms with Crippen molar-refractivity contribution in [1.82, 2.24) is 10.2 Å². The number of nitrogens with one attached hydrogen (secondary N) is 1. The molecule has 0 spiro atoms. The van der Waals surface area contributed by atoms with Crippen LogP contribution in [0.1, 0.15) is 37.7 Å². The summed E-state index contributed by atoms with van der Waals surface area (Å²) in [7, 11) is 1.51. The molecule has 6 nitrogen and oxygen atoms in total. The number of hydrogen-bond donors (Lipinski definition) is 2. The molecule has 1 heterocycles. The molecule has 5 aliphatic rings. The van der Waals surface area contributed by atoms with Gasteiger partial charge in [-0.3, -0.25) is 4.79 Å². The van der Waals surface area contributed by atoms with Gasteiger partial charge in [0.2, 0.25) is 5.91 Å². The summed E-state index contributed by atoms with van der Waals surface area (Å²) in [6.07, 6.45) is 3.18. The van der Waals surface area contributed by atoms with Crippen LogP contribution in [0.3, 0.4) is 0 Å². The number of carbonyl (C=O) groups excluding carboxylic acids is 2. The Hall–Kier alpha value is -2.15. The SMILES string of the molecule is CNC(=O)OC1CN(C(=O)CC2(c3ccc(F)cc3)C3CC4CC2CC(C3)C4O)C1. The van der Waals surface area contributed by atoms with E-state index in [1.165, 1.54) is 19.2 Å². The van der Waals surface area contributed by atoms with Gasteiger partial charge in [-0.2, -0.15) is 0 Å². The Morgan fingerprint density at radius 1 is 1.13 bits per heavy atom. The molecule has 6 rings (SSSR count). The number of carbonyl (C=O) groups is 2. The van der Waals surface area contributed by atoms with Crippen LogP contribution in [0.15, 0.2) is 24.3 Å². The topological polar surface area (TPSA) is 78.9 Å². The third-order valence-corrected chi connectivity index (χ3v) is 8.28. The van der Waals surface area contributed by atoms with Crippen LogP contribution >= 0.6 is 0 Å². The lowest BCUT2D eigenvalue weighted by atomic mass is 9.42. The first-order valence-electron chi connectivity index (χ1n) is 11.0. The summed E-state index contributed by atoms with van der Waals surface area (Å²) >= 11 is 0. The molecule has 30 heavy (non-hydrogen) atoms. The van der Waals surface area contributed by atoms with Gasteiger partial charge in [-0.1, -0.05) is 12.1 Å². The Morgan fingerprint density at radius 3 is 2.23 bits per heavy atom. The highest BCUT2D eigenvalue weighted by Gasteiger charge is 2.61. The fraction of sp³-hybridized carbons (Fsp3) is 0.652. The lowest BCUT2D eigenvalue weighted by molar-refractivity contribution is -0.158. The van der Waals surface area contributed by atoms with Crippen LogP contribution in [0.2, 0.25) is 0 Å². The van der Waals surface area contributed by atoms with E-state index in [0.29, 0.717) is 43.2 Å². The van der Waals surface area contributed by atoms with Crippen LogP contribution in [-0.4, -0.2) is 54.4 Å². The van der Waals surface area contributed by atoms with Gasteiger partial charge in [0.1, 0.15) is 11.9 Å². The van der Waals surface area contributed by atoms with Crippen molar-refractivity contribution in [2.24, 2.45) is 23.7 Å². The average Bonchev–Trinajstić information content (AvgIpc) is 2.69. The first-order chi connectivity index (χ1) is 14.4. The van der Waals surface area contributed by atoms with Crippen molar-refractivity contribution in [3.63, 3.8) is 0 Å². The van der Waals surface area contributed by atoms with Crippen LogP contribution in [0, 0.1) is 29.5 Å². The molecule has 7 heteroatoms. The van der Waals surface area contributed by atoms with Crippen LogP contribution in [0.25, 0.3) is 0 Å². The summed E-state index contributed by atoms with van der Waals surface area (Å²) < 4.78 is 18.9. The smallest absolute Gasteiger partial charge is 0.407 e. The van der Waals surface area contributed by atoms with Gasteiger partial charge in [0.25, 0.3) is 0 Å². The molecule has 0 radical (unpaired) electrons. The molecular formula is C23H29FN2O4. The molecule has 0 aromatic heterocycles. The van der Waals surface area contributed by atoms with Gasteiger partial charge < -0.3 is 20.1 Å². The number of hydrogen-bond acceptors (Lipinski definition) is 4. The van der Waals surface area contributed by atoms with Gasteiger partial charge in [-0.15, -0.1) is 0 Å². The summed E-state index contributed by atoms with van der Waals surface area (Å²) in [6.45, 7) is 0.843. The predicted octanol–water partition coefficient (Wildman–Crippen LogP) is 2.45. The molecule has 162 valence electrons. The van der Waals surface area contributed by atoms with Crippen molar-refractivity contribution >= 4 is 12.0 Å². The molecule has 1 aromatic rings. The molecule has 5 fully saturated rings. The molecule has 0 unspecified atom stereocenters. The Morgan fingerprint density at radius 2 is 1.70 bits per heavy atom. The molecular weight excluding hydrogens is 387 g/mol. The van der Waals surface area contributed by atoms with Gasteiger partial charge in [-0.05, 0) is 67.1 Å². The second kappa shape index (κ2) is 7.22. The predicted molar refractivity (Wildman–Crippen MR) is 107 cm³/mol. The molecule has 0 atom stereocenters. The molecule has 4 aliphatic carbocycles. The monoisotopic (exact) mass is 416 g/mol. The largest absolute Gasteiger partial charge is 0.442 e. The number of amides is 2. The molecule has 1 saturated heterocycles. The second-order valence-corrected chi connectivity index (χ2v) is 9.65. The van der Waals surface area contributed by atoms with Crippen LogP contribution < -0.4 is 5.32 Å². The molecule has 1 aliphatic heterocycles. The van der Waals surface area contributed by atoms with E-state index in [-0.39, 0.29) is 29.3 Å². The van der Waals surface area contributed by atoms with Crippen molar-refractivity contribution in [1.29, 1.82) is 0 Å². The number of likely N-dealkylation sites (tertiary alicyclic amines) is 1. The minimum absolute atomic E-state index is 0.0732. The quantitative estimate of drug-likeness (QED) is 0.790. The summed E-state index contributed by atoms with van der Waals surface area (Å²) in [5.41, 5.74) is 0.754. The molecule has 4 saturated carbocycles. The van der Waals surface area contributed by atoms with E-state index in [9.17, 15) is 19.1 Å². The number of benzene rings is 1. The van der Waals surface area contributed by atoms with Gasteiger partial charge in [-0.25, -0.2) is 9.18 Å². The first-order valence-corrected chi connectivity index (χ1v) is 11.0. The number of alkyl carbamates (subject to hydrolysis) is 1. The van der Waals surface area contributed by atoms with E-state index < -0.39 is 6.09 Å². The fourth-order valence-corrected chi connectivity index (χ4v) is 6.87. The molecule has 2 amide bonds. The standard InChI is InChI=1S/C23H29FN2O4/c1-25-22(29)30-19-11-26(12-19)20(27)10-23(15-2-4-18(24)5-3-15)16-6-13-7-17(23)9-14(8-16)21(13)28/h2-5,13-14,16-17,19,21,28H,6-12H2,1H3,(H,25,29). The van der Waals surface area contributed by atoms with E-state index in [1.54, 1.807) is 4.90 Å². The molecule has 4 bridgehead atoms. The normalized spacial score (nSPS) is 37.0. The highest BCUT2D eigenvalue weighted by atomic mass is 19.1. The number of rotatable bonds is 4. The number of ether oxygens (including phenoxy) is 1. The summed E-state index contributed by atoms with van der Waals surface area (Å²) in [6, 6.07) is 6.71. The second-order valence-electron chi connectivity index (χ2n) is 9.65. The Kier molecular flexibility index (Phi) is 4.76. The van der Waals surface area contributed by atoms with Crippen LogP contribution in [0.4, 0.5) is 9.18 Å². The maximum Gasteiger partial charge on any atom is 0.407 e. The zero-order valence-electron chi connectivity index (χ0n) is 17.2. The highest BCUT2D eigenvalue weighted by Crippen LogP contribution is 2.64. The summed E-state index contributed by atoms with van der Waals surface area (Å²) in [5.74, 6) is 1.12. The van der Waals surface area contributed by atoms with Crippen molar-refractivity contribution in [2.45, 2.75) is 49.7 Å². The molecule has 2 N–H and O–H groups in total. The number of aliphatic hydroxyl groups excluding tert-OH is 1. The zero-order chi connectivity index (χ0) is 21.0. The van der Waals surface area contributed by atoms with Crippen molar-refractivity contribution in [3.05, 3.63) is 35.6 Å². The minimum atomic E-state index is -0.477. The van der Waals surface area contributed by atoms with E-state index in [2.05, 4.69) is 5.32 Å². The number of aliphatic hydroxyl groups is 1. The Balaban J connectivity index is 1.38. The van der Waals surface area contributed by atoms with Crippen molar-refractivity contribution < 1.29 is 23.8 Å². The number of halogens is 1. The minimum Gasteiger partial charge on any atom is -0.442 e. The highest BCUT2D eigenvalue weighted by molar-refractivity contribution is 5.79. The van der Waals surface area contributed by atoms with Gasteiger partial charge in [0, 0.05) is 18.9 Å². The first kappa shape index (κ1) is 19.8. The molecule has 1 aromatic carbocycles. The van der Waals surface area contributed by atoms with Gasteiger partial charge in [0.15, 0.2) is 0 Å². The van der Waals surface area contributed by atoms with Crippen LogP contribution in [-0.2, 0) is 14.9 Å². The van der Waals surface area contributed by atoms with E-state index in [0.717, 1.165) is 31.2 Å². The summed E-state index contributed by atoms with van der Waals surface area (Å²) in [5, 5.41) is 13.0. The number of nitrogens with zero attached hydrogens (tertiary/aromatic N) is 1. The lowest BCUT2D eigenvalue weighted by Gasteiger charge is -2.63. The summed E-state index contributed by atoms with van der Waals surface area (Å²) in [4.78, 5) is 26.4. The fourth-order valence-electron chi connectivity index (χ4n) is 6.87. The third kappa shape index (κ3) is 3.01. The maximum absolute atomic E-state index is 13.7. The average molecular weight is 416 g/mol. The van der Waals surface area contributed by atoms with Crippen molar-refractivity contribution in [2.75, 3.05) is 20.1 Å². The van der Waals surface area contributed by atoms with Crippen molar-refractivity contribution in [3.8, 4) is 0 Å². The van der Waals surface area contributed by atoms with Crippen LogP contribution in [0.5, 0.6) is 0 Å². The third-order valence-electron chi connectivity index (χ3n) is 8.28. The maximum atomic E-state index is 13.7. The Bertz CT molecular complexity index is 806. The van der Waals surface area contributed by atoms with E-state index in [1.807, 2.05) is 12.1 Å². The van der Waals surface area contributed by atoms with Gasteiger partial charge >= 0.3 is 6.09 Å². The van der Waals surface area contributed by atoms with E-state index >= 15 is 0 Å². The zero-order valence-corrected chi connectivity index (χ0v) is 17.2. The van der Waals surface area contributed by atoms with Gasteiger partial charge in [0.05, 0.1) is 19.2 Å².